The molecule has 7 heteroatoms. The molecule has 160 valence electrons. The maximum absolute atomic E-state index is 11.4. The van der Waals surface area contributed by atoms with Gasteiger partial charge in [0.2, 0.25) is 10.0 Å². The Kier molecular flexibility index (Phi) is 23.6. The Labute approximate surface area is 195 Å². The second-order valence-corrected chi connectivity index (χ2v) is 9.00. The predicted octanol–water partition coefficient (Wildman–Crippen LogP) is 1.43. The van der Waals surface area contributed by atoms with E-state index in [4.69, 9.17) is 0 Å². The number of carboxylic acid groups (broad SMARTS) is 1. The van der Waals surface area contributed by atoms with Crippen LogP contribution in [0.5, 0.6) is 0 Å². The van der Waals surface area contributed by atoms with Crippen LogP contribution >= 0.6 is 0 Å². The third kappa shape index (κ3) is 24.2. The van der Waals surface area contributed by atoms with Crippen molar-refractivity contribution in [3.05, 3.63) is 11.5 Å². The minimum Gasteiger partial charge on any atom is -0.549 e. The molecule has 0 aromatic rings. The van der Waals surface area contributed by atoms with Crippen molar-refractivity contribution >= 4 is 16.0 Å². The van der Waals surface area contributed by atoms with Crippen LogP contribution in [0.15, 0.2) is 11.5 Å². The summed E-state index contributed by atoms with van der Waals surface area (Å²) in [5.74, 6) is -1.44. The van der Waals surface area contributed by atoms with Gasteiger partial charge in [0.1, 0.15) is 0 Å². The van der Waals surface area contributed by atoms with Gasteiger partial charge in [0.05, 0.1) is 12.5 Å². The molecule has 0 saturated heterocycles. The molecule has 1 N–H and O–H groups in total. The Bertz CT molecular complexity index is 481. The van der Waals surface area contributed by atoms with Gasteiger partial charge in [0.15, 0.2) is 0 Å². The van der Waals surface area contributed by atoms with Crippen LogP contribution in [0.25, 0.3) is 0 Å². The van der Waals surface area contributed by atoms with Crippen molar-refractivity contribution in [2.45, 2.75) is 110 Å². The number of carbonyl (C=O) groups is 1. The van der Waals surface area contributed by atoms with E-state index in [9.17, 15) is 18.3 Å². The largest absolute Gasteiger partial charge is 1.00 e. The average Bonchev–Trinajstić information content (AvgIpc) is 2.62. The number of carboxylic acids is 1. The second kappa shape index (κ2) is 21.8. The Morgan fingerprint density at radius 1 is 0.786 bits per heavy atom. The number of rotatable bonds is 20. The first-order chi connectivity index (χ1) is 13.0. The number of unbranched alkanes of at least 4 members (excludes halogenated alkanes) is 15. The van der Waals surface area contributed by atoms with Crippen molar-refractivity contribution < 1.29 is 47.9 Å². The van der Waals surface area contributed by atoms with Crippen LogP contribution in [0.2, 0.25) is 0 Å². The van der Waals surface area contributed by atoms with Crippen molar-refractivity contribution in [3.63, 3.8) is 0 Å². The zero-order chi connectivity index (χ0) is 20.2. The number of hydrogen-bond donors (Lipinski definition) is 1. The summed E-state index contributed by atoms with van der Waals surface area (Å²) >= 11 is 0. The van der Waals surface area contributed by atoms with Crippen LogP contribution < -0.4 is 39.4 Å². The molecule has 0 aliphatic heterocycles. The molecule has 0 radical (unpaired) electrons. The molecule has 0 aromatic carbocycles. The average molecular weight is 426 g/mol. The standard InChI is InChI=1S/C21H41NO4S.Na/c1-2-3-4-5-6-7-8-9-10-11-12-13-14-15-16-17-18-19-27(25,26)22-20-21(23)24;/h18-19,22H,2-17,20H2,1H3,(H,23,24);/q;+1/p-1/b19-18+;. The Hall–Kier alpha value is 0.120. The summed E-state index contributed by atoms with van der Waals surface area (Å²) in [6, 6.07) is 0. The molecule has 0 unspecified atom stereocenters. The van der Waals surface area contributed by atoms with Crippen molar-refractivity contribution in [2.24, 2.45) is 0 Å². The minimum atomic E-state index is -3.65. The van der Waals surface area contributed by atoms with E-state index in [-0.39, 0.29) is 29.6 Å². The SMILES string of the molecule is CCCCCCCCCCCCCCCCC/C=C/S(=O)(=O)NCC(=O)[O-].[Na+]. The van der Waals surface area contributed by atoms with Gasteiger partial charge in [-0.1, -0.05) is 103 Å². The van der Waals surface area contributed by atoms with Crippen molar-refractivity contribution in [1.29, 1.82) is 0 Å². The van der Waals surface area contributed by atoms with E-state index in [1.54, 1.807) is 6.08 Å². The summed E-state index contributed by atoms with van der Waals surface area (Å²) in [7, 11) is -3.65. The molecule has 0 saturated carbocycles. The third-order valence-electron chi connectivity index (χ3n) is 4.67. The first-order valence-corrected chi connectivity index (χ1v) is 12.4. The summed E-state index contributed by atoms with van der Waals surface area (Å²) < 4.78 is 24.7. The smallest absolute Gasteiger partial charge is 0.549 e. The number of carbonyl (C=O) groups excluding carboxylic acids is 1. The molecule has 0 bridgehead atoms. The van der Waals surface area contributed by atoms with Crippen LogP contribution in [-0.2, 0) is 14.8 Å². The maximum Gasteiger partial charge on any atom is 1.00 e. The molecule has 5 nitrogen and oxygen atoms in total. The normalized spacial score (nSPS) is 11.6. The summed E-state index contributed by atoms with van der Waals surface area (Å²) in [5, 5.41) is 11.3. The molecule has 0 aliphatic rings. The molecule has 0 amide bonds. The topological polar surface area (TPSA) is 86.3 Å². The molecule has 0 atom stereocenters. The summed E-state index contributed by atoms with van der Waals surface area (Å²) in [4.78, 5) is 10.2. The molecule has 0 aliphatic carbocycles. The van der Waals surface area contributed by atoms with Gasteiger partial charge in [-0.3, -0.25) is 0 Å². The van der Waals surface area contributed by atoms with Gasteiger partial charge in [-0.2, -0.15) is 0 Å². The molecule has 0 rings (SSSR count). The van der Waals surface area contributed by atoms with E-state index in [1.807, 2.05) is 4.72 Å². The summed E-state index contributed by atoms with van der Waals surface area (Å²) in [5.41, 5.74) is 0. The predicted molar refractivity (Wildman–Crippen MR) is 111 cm³/mol. The number of hydrogen-bond acceptors (Lipinski definition) is 4. The first-order valence-electron chi connectivity index (χ1n) is 10.8. The monoisotopic (exact) mass is 425 g/mol. The minimum absolute atomic E-state index is 0. The van der Waals surface area contributed by atoms with Crippen molar-refractivity contribution in [1.82, 2.24) is 4.72 Å². The van der Waals surface area contributed by atoms with Crippen molar-refractivity contribution in [2.75, 3.05) is 6.54 Å². The maximum atomic E-state index is 11.4. The molecule has 0 heterocycles. The zero-order valence-corrected chi connectivity index (χ0v) is 21.0. The molecular weight excluding hydrogens is 385 g/mol. The molecular formula is C21H40NNaO4S. The summed E-state index contributed by atoms with van der Waals surface area (Å²) in [6.07, 6.45) is 21.9. The van der Waals surface area contributed by atoms with Gasteiger partial charge in [-0.05, 0) is 12.8 Å². The van der Waals surface area contributed by atoms with Gasteiger partial charge in [-0.15, -0.1) is 0 Å². The van der Waals surface area contributed by atoms with Crippen LogP contribution in [-0.4, -0.2) is 20.9 Å². The fourth-order valence-corrected chi connectivity index (χ4v) is 3.84. The van der Waals surface area contributed by atoms with E-state index >= 15 is 0 Å². The molecule has 0 spiro atoms. The van der Waals surface area contributed by atoms with Gasteiger partial charge < -0.3 is 9.90 Å². The first kappa shape index (κ1) is 30.3. The van der Waals surface area contributed by atoms with Gasteiger partial charge >= 0.3 is 29.6 Å². The molecule has 0 fully saturated rings. The zero-order valence-electron chi connectivity index (χ0n) is 18.2. The van der Waals surface area contributed by atoms with E-state index < -0.39 is 22.5 Å². The van der Waals surface area contributed by atoms with Crippen LogP contribution in [0.3, 0.4) is 0 Å². The van der Waals surface area contributed by atoms with E-state index in [0.29, 0.717) is 6.42 Å². The third-order valence-corrected chi connectivity index (χ3v) is 5.76. The summed E-state index contributed by atoms with van der Waals surface area (Å²) in [6.45, 7) is 1.57. The van der Waals surface area contributed by atoms with Gasteiger partial charge in [-0.25, -0.2) is 13.1 Å². The van der Waals surface area contributed by atoms with Crippen LogP contribution in [0, 0.1) is 0 Å². The molecule has 28 heavy (non-hydrogen) atoms. The van der Waals surface area contributed by atoms with Gasteiger partial charge in [0.25, 0.3) is 0 Å². The number of sulfonamides is 1. The number of nitrogens with one attached hydrogen (secondary N) is 1. The van der Waals surface area contributed by atoms with Gasteiger partial charge in [0, 0.05) is 5.41 Å². The fraction of sp³-hybridized carbons (Fsp3) is 0.857. The second-order valence-electron chi connectivity index (χ2n) is 7.35. The Morgan fingerprint density at radius 2 is 1.18 bits per heavy atom. The quantitative estimate of drug-likeness (QED) is 0.236. The van der Waals surface area contributed by atoms with E-state index in [2.05, 4.69) is 6.92 Å². The van der Waals surface area contributed by atoms with Crippen LogP contribution in [0.1, 0.15) is 110 Å². The number of allylic oxidation sites excluding steroid dienone is 1. The Morgan fingerprint density at radius 3 is 1.57 bits per heavy atom. The van der Waals surface area contributed by atoms with E-state index in [1.165, 1.54) is 83.5 Å². The number of aliphatic carboxylic acids is 1. The van der Waals surface area contributed by atoms with Crippen LogP contribution in [0.4, 0.5) is 0 Å². The van der Waals surface area contributed by atoms with Crippen molar-refractivity contribution in [3.8, 4) is 0 Å². The van der Waals surface area contributed by atoms with E-state index in [0.717, 1.165) is 18.2 Å². The Balaban J connectivity index is 0. The fourth-order valence-electron chi connectivity index (χ4n) is 3.04. The molecule has 0 aromatic heterocycles.